The lowest BCUT2D eigenvalue weighted by atomic mass is 10.1. The Balaban J connectivity index is 1.76. The third kappa shape index (κ3) is 2.81. The van der Waals surface area contributed by atoms with Crippen molar-refractivity contribution in [3.05, 3.63) is 82.4 Å². The number of amides is 1. The standard InChI is InChI=1S/C21H17N3O3/c1-2-23-18-9-5-3-7-15(18)17-13-14(11-12-19(17)23)22-21(25)16-8-4-6-10-20(16)24(26)27/h3-13H,2H2,1H3,(H,22,25). The number of nitrogens with one attached hydrogen (secondary N) is 1. The average molecular weight is 359 g/mol. The molecule has 1 heterocycles. The molecule has 0 radical (unpaired) electrons. The number of hydrogen-bond donors (Lipinski definition) is 1. The maximum absolute atomic E-state index is 12.6. The van der Waals surface area contributed by atoms with Gasteiger partial charge in [0.15, 0.2) is 0 Å². The molecule has 0 saturated heterocycles. The van der Waals surface area contributed by atoms with Crippen molar-refractivity contribution >= 4 is 39.1 Å². The predicted molar refractivity (Wildman–Crippen MR) is 106 cm³/mol. The first kappa shape index (κ1) is 16.8. The highest BCUT2D eigenvalue weighted by molar-refractivity contribution is 6.11. The Morgan fingerprint density at radius 2 is 1.70 bits per heavy atom. The second kappa shape index (κ2) is 6.57. The fourth-order valence-electron chi connectivity index (χ4n) is 3.50. The minimum Gasteiger partial charge on any atom is -0.341 e. The van der Waals surface area contributed by atoms with Crippen LogP contribution in [-0.2, 0) is 6.54 Å². The smallest absolute Gasteiger partial charge is 0.282 e. The van der Waals surface area contributed by atoms with Crippen molar-refractivity contribution in [1.82, 2.24) is 4.57 Å². The van der Waals surface area contributed by atoms with E-state index in [2.05, 4.69) is 28.9 Å². The van der Waals surface area contributed by atoms with Gasteiger partial charge in [0.25, 0.3) is 11.6 Å². The van der Waals surface area contributed by atoms with Crippen LogP contribution in [0.1, 0.15) is 17.3 Å². The van der Waals surface area contributed by atoms with Crippen LogP contribution in [-0.4, -0.2) is 15.4 Å². The molecule has 0 saturated carbocycles. The number of aryl methyl sites for hydroxylation is 1. The Morgan fingerprint density at radius 1 is 1.00 bits per heavy atom. The summed E-state index contributed by atoms with van der Waals surface area (Å²) in [7, 11) is 0. The monoisotopic (exact) mass is 359 g/mol. The number of carbonyl (C=O) groups excluding carboxylic acids is 1. The van der Waals surface area contributed by atoms with Crippen LogP contribution < -0.4 is 5.32 Å². The van der Waals surface area contributed by atoms with Gasteiger partial charge in [0.05, 0.1) is 4.92 Å². The molecule has 0 aliphatic rings. The molecule has 0 unspecified atom stereocenters. The normalized spacial score (nSPS) is 11.0. The first-order valence-electron chi connectivity index (χ1n) is 8.66. The molecule has 0 fully saturated rings. The molecule has 134 valence electrons. The van der Waals surface area contributed by atoms with E-state index in [9.17, 15) is 14.9 Å². The number of rotatable bonds is 4. The highest BCUT2D eigenvalue weighted by atomic mass is 16.6. The Labute approximate surface area is 155 Å². The molecule has 6 nitrogen and oxygen atoms in total. The van der Waals surface area contributed by atoms with Crippen molar-refractivity contribution in [2.75, 3.05) is 5.32 Å². The maximum Gasteiger partial charge on any atom is 0.282 e. The predicted octanol–water partition coefficient (Wildman–Crippen LogP) is 4.97. The number of fused-ring (bicyclic) bond motifs is 3. The zero-order chi connectivity index (χ0) is 19.0. The Kier molecular flexibility index (Phi) is 4.08. The summed E-state index contributed by atoms with van der Waals surface area (Å²) in [6.07, 6.45) is 0. The summed E-state index contributed by atoms with van der Waals surface area (Å²) >= 11 is 0. The van der Waals surface area contributed by atoms with Gasteiger partial charge in [0, 0.05) is 40.1 Å². The van der Waals surface area contributed by atoms with Gasteiger partial charge >= 0.3 is 0 Å². The molecular formula is C21H17N3O3. The number of hydrogen-bond acceptors (Lipinski definition) is 3. The molecule has 0 atom stereocenters. The molecule has 1 amide bonds. The van der Waals surface area contributed by atoms with E-state index < -0.39 is 10.8 Å². The van der Waals surface area contributed by atoms with Crippen LogP contribution >= 0.6 is 0 Å². The molecule has 27 heavy (non-hydrogen) atoms. The van der Waals surface area contributed by atoms with Crippen molar-refractivity contribution in [3.63, 3.8) is 0 Å². The lowest BCUT2D eigenvalue weighted by molar-refractivity contribution is -0.385. The Bertz CT molecular complexity index is 1190. The van der Waals surface area contributed by atoms with Crippen LogP contribution in [0.15, 0.2) is 66.7 Å². The molecule has 4 aromatic rings. The number of benzene rings is 3. The van der Waals surface area contributed by atoms with Crippen LogP contribution in [0, 0.1) is 10.1 Å². The molecule has 0 aliphatic heterocycles. The molecule has 4 rings (SSSR count). The third-order valence-electron chi connectivity index (χ3n) is 4.69. The first-order chi connectivity index (χ1) is 13.1. The molecule has 0 spiro atoms. The van der Waals surface area contributed by atoms with Crippen LogP contribution in [0.3, 0.4) is 0 Å². The summed E-state index contributed by atoms with van der Waals surface area (Å²) in [5, 5.41) is 16.1. The number of aromatic nitrogens is 1. The second-order valence-electron chi connectivity index (χ2n) is 6.22. The van der Waals surface area contributed by atoms with E-state index in [4.69, 9.17) is 0 Å². The summed E-state index contributed by atoms with van der Waals surface area (Å²) in [6, 6.07) is 19.7. The van der Waals surface area contributed by atoms with Gasteiger partial charge in [-0.3, -0.25) is 14.9 Å². The number of nitro benzene ring substituents is 1. The largest absolute Gasteiger partial charge is 0.341 e. The van der Waals surface area contributed by atoms with Crippen molar-refractivity contribution in [3.8, 4) is 0 Å². The van der Waals surface area contributed by atoms with Crippen molar-refractivity contribution in [2.45, 2.75) is 13.5 Å². The van der Waals surface area contributed by atoms with Gasteiger partial charge in [-0.1, -0.05) is 30.3 Å². The third-order valence-corrected chi connectivity index (χ3v) is 4.69. The zero-order valence-electron chi connectivity index (χ0n) is 14.7. The fraction of sp³-hybridized carbons (Fsp3) is 0.0952. The quantitative estimate of drug-likeness (QED) is 0.412. The van der Waals surface area contributed by atoms with E-state index in [0.29, 0.717) is 5.69 Å². The molecule has 0 bridgehead atoms. The van der Waals surface area contributed by atoms with Gasteiger partial charge in [0.2, 0.25) is 0 Å². The summed E-state index contributed by atoms with van der Waals surface area (Å²) in [4.78, 5) is 23.2. The van der Waals surface area contributed by atoms with Crippen LogP contribution in [0.4, 0.5) is 11.4 Å². The maximum atomic E-state index is 12.6. The lowest BCUT2D eigenvalue weighted by Crippen LogP contribution is -2.13. The van der Waals surface area contributed by atoms with Gasteiger partial charge in [-0.05, 0) is 37.3 Å². The number of nitro groups is 1. The Hall–Kier alpha value is -3.67. The molecule has 3 aromatic carbocycles. The lowest BCUT2D eigenvalue weighted by Gasteiger charge is -2.07. The van der Waals surface area contributed by atoms with Crippen molar-refractivity contribution in [1.29, 1.82) is 0 Å². The van der Waals surface area contributed by atoms with Gasteiger partial charge in [0.1, 0.15) is 5.56 Å². The van der Waals surface area contributed by atoms with E-state index >= 15 is 0 Å². The Morgan fingerprint density at radius 3 is 2.48 bits per heavy atom. The number of nitrogens with zero attached hydrogens (tertiary/aromatic N) is 2. The van der Waals surface area contributed by atoms with Gasteiger partial charge in [-0.15, -0.1) is 0 Å². The van der Waals surface area contributed by atoms with Crippen LogP contribution in [0.2, 0.25) is 0 Å². The van der Waals surface area contributed by atoms with Crippen molar-refractivity contribution < 1.29 is 9.72 Å². The second-order valence-corrected chi connectivity index (χ2v) is 6.22. The summed E-state index contributed by atoms with van der Waals surface area (Å²) < 4.78 is 2.22. The van der Waals surface area contributed by atoms with Crippen LogP contribution in [0.5, 0.6) is 0 Å². The van der Waals surface area contributed by atoms with Gasteiger partial charge in [-0.25, -0.2) is 0 Å². The fourth-order valence-corrected chi connectivity index (χ4v) is 3.50. The van der Waals surface area contributed by atoms with E-state index in [1.54, 1.807) is 12.1 Å². The number of carbonyl (C=O) groups is 1. The van der Waals surface area contributed by atoms with Crippen LogP contribution in [0.25, 0.3) is 21.8 Å². The SMILES string of the molecule is CCn1c2ccccc2c2cc(NC(=O)c3ccccc3[N+](=O)[O-])ccc21. The summed E-state index contributed by atoms with van der Waals surface area (Å²) in [5.41, 5.74) is 2.65. The average Bonchev–Trinajstić information content (AvgIpc) is 3.01. The summed E-state index contributed by atoms with van der Waals surface area (Å²) in [6.45, 7) is 2.93. The molecule has 1 aromatic heterocycles. The highest BCUT2D eigenvalue weighted by Gasteiger charge is 2.19. The molecular weight excluding hydrogens is 342 g/mol. The van der Waals surface area contributed by atoms with E-state index in [-0.39, 0.29) is 11.3 Å². The van der Waals surface area contributed by atoms with E-state index in [1.807, 2.05) is 30.3 Å². The highest BCUT2D eigenvalue weighted by Crippen LogP contribution is 2.31. The van der Waals surface area contributed by atoms with E-state index in [1.165, 1.54) is 12.1 Å². The number of para-hydroxylation sites is 2. The molecule has 6 heteroatoms. The van der Waals surface area contributed by atoms with Gasteiger partial charge in [-0.2, -0.15) is 0 Å². The zero-order valence-corrected chi connectivity index (χ0v) is 14.7. The first-order valence-corrected chi connectivity index (χ1v) is 8.66. The topological polar surface area (TPSA) is 77.2 Å². The van der Waals surface area contributed by atoms with Crippen molar-refractivity contribution in [2.24, 2.45) is 0 Å². The number of anilines is 1. The molecule has 1 N–H and O–H groups in total. The minimum absolute atomic E-state index is 0.0404. The summed E-state index contributed by atoms with van der Waals surface area (Å²) in [5.74, 6) is -0.499. The minimum atomic E-state index is -0.549. The van der Waals surface area contributed by atoms with Gasteiger partial charge < -0.3 is 9.88 Å². The van der Waals surface area contributed by atoms with E-state index in [0.717, 1.165) is 28.4 Å². The molecule has 0 aliphatic carbocycles.